The number of aryl methyl sites for hydroxylation is 4. The topological polar surface area (TPSA) is 29.9 Å². The second-order valence-corrected chi connectivity index (χ2v) is 5.70. The van der Waals surface area contributed by atoms with E-state index in [0.29, 0.717) is 0 Å². The van der Waals surface area contributed by atoms with E-state index in [0.717, 1.165) is 17.9 Å². The summed E-state index contributed by atoms with van der Waals surface area (Å²) in [5.74, 6) is 1.05. The Balaban J connectivity index is 1.89. The van der Waals surface area contributed by atoms with Crippen molar-refractivity contribution in [3.63, 3.8) is 0 Å². The van der Waals surface area contributed by atoms with E-state index in [-0.39, 0.29) is 0 Å². The molecule has 3 heteroatoms. The summed E-state index contributed by atoms with van der Waals surface area (Å²) in [6.07, 6.45) is 0. The van der Waals surface area contributed by atoms with Gasteiger partial charge in [0.1, 0.15) is 5.82 Å². The SMILES string of the molecule is Cc1cc(C)c(NCc2nc3ccccc3n2C)c(C)c1. The summed E-state index contributed by atoms with van der Waals surface area (Å²) >= 11 is 0. The van der Waals surface area contributed by atoms with E-state index in [9.17, 15) is 0 Å². The molecule has 0 bridgehead atoms. The third kappa shape index (κ3) is 2.51. The third-order valence-corrected chi connectivity index (χ3v) is 3.98. The van der Waals surface area contributed by atoms with Gasteiger partial charge in [0, 0.05) is 12.7 Å². The summed E-state index contributed by atoms with van der Waals surface area (Å²) in [7, 11) is 2.07. The highest BCUT2D eigenvalue weighted by atomic mass is 15.1. The van der Waals surface area contributed by atoms with Crippen molar-refractivity contribution >= 4 is 16.7 Å². The summed E-state index contributed by atoms with van der Waals surface area (Å²) in [6.45, 7) is 7.17. The van der Waals surface area contributed by atoms with Crippen LogP contribution in [0.3, 0.4) is 0 Å². The molecule has 0 saturated carbocycles. The smallest absolute Gasteiger partial charge is 0.128 e. The molecule has 0 aliphatic rings. The molecule has 1 heterocycles. The van der Waals surface area contributed by atoms with Crippen molar-refractivity contribution in [1.82, 2.24) is 9.55 Å². The van der Waals surface area contributed by atoms with Gasteiger partial charge in [-0.15, -0.1) is 0 Å². The van der Waals surface area contributed by atoms with Crippen molar-refractivity contribution in [3.8, 4) is 0 Å². The number of anilines is 1. The number of para-hydroxylation sites is 2. The Kier molecular flexibility index (Phi) is 3.42. The Morgan fingerprint density at radius 2 is 1.71 bits per heavy atom. The lowest BCUT2D eigenvalue weighted by Crippen LogP contribution is -2.08. The van der Waals surface area contributed by atoms with Crippen molar-refractivity contribution in [2.24, 2.45) is 7.05 Å². The van der Waals surface area contributed by atoms with Crippen LogP contribution >= 0.6 is 0 Å². The van der Waals surface area contributed by atoms with Crippen LogP contribution in [-0.4, -0.2) is 9.55 Å². The Hall–Kier alpha value is -2.29. The molecule has 3 nitrogen and oxygen atoms in total. The van der Waals surface area contributed by atoms with E-state index < -0.39 is 0 Å². The molecule has 0 aliphatic carbocycles. The van der Waals surface area contributed by atoms with E-state index in [1.807, 2.05) is 6.07 Å². The minimum Gasteiger partial charge on any atom is -0.377 e. The lowest BCUT2D eigenvalue weighted by Gasteiger charge is -2.13. The molecule has 0 atom stereocenters. The van der Waals surface area contributed by atoms with Crippen molar-refractivity contribution in [2.45, 2.75) is 27.3 Å². The quantitative estimate of drug-likeness (QED) is 0.782. The van der Waals surface area contributed by atoms with Gasteiger partial charge >= 0.3 is 0 Å². The van der Waals surface area contributed by atoms with E-state index in [4.69, 9.17) is 4.98 Å². The molecule has 0 amide bonds. The average molecular weight is 279 g/mol. The monoisotopic (exact) mass is 279 g/mol. The summed E-state index contributed by atoms with van der Waals surface area (Å²) < 4.78 is 2.15. The summed E-state index contributed by atoms with van der Waals surface area (Å²) in [5.41, 5.74) is 7.31. The molecular weight excluding hydrogens is 258 g/mol. The first kappa shape index (κ1) is 13.7. The van der Waals surface area contributed by atoms with Crippen LogP contribution in [-0.2, 0) is 13.6 Å². The molecule has 2 aromatic carbocycles. The van der Waals surface area contributed by atoms with Gasteiger partial charge in [-0.05, 0) is 44.0 Å². The van der Waals surface area contributed by atoms with Crippen LogP contribution in [0, 0.1) is 20.8 Å². The number of hydrogen-bond donors (Lipinski definition) is 1. The molecule has 3 rings (SSSR count). The van der Waals surface area contributed by atoms with Gasteiger partial charge in [-0.2, -0.15) is 0 Å². The van der Waals surface area contributed by atoms with Crippen LogP contribution in [0.15, 0.2) is 36.4 Å². The molecule has 3 aromatic rings. The molecule has 108 valence electrons. The normalized spacial score (nSPS) is 11.0. The lowest BCUT2D eigenvalue weighted by atomic mass is 10.1. The minimum atomic E-state index is 0.732. The molecule has 0 aliphatic heterocycles. The average Bonchev–Trinajstić information content (AvgIpc) is 2.75. The number of nitrogens with one attached hydrogen (secondary N) is 1. The number of nitrogens with zero attached hydrogens (tertiary/aromatic N) is 2. The number of rotatable bonds is 3. The largest absolute Gasteiger partial charge is 0.377 e. The van der Waals surface area contributed by atoms with Crippen LogP contribution < -0.4 is 5.32 Å². The summed E-state index contributed by atoms with van der Waals surface area (Å²) in [6, 6.07) is 12.7. The number of imidazole rings is 1. The van der Waals surface area contributed by atoms with Crippen molar-refractivity contribution in [2.75, 3.05) is 5.32 Å². The summed E-state index contributed by atoms with van der Waals surface area (Å²) in [4.78, 5) is 4.70. The number of benzene rings is 2. The zero-order valence-corrected chi connectivity index (χ0v) is 13.1. The maximum absolute atomic E-state index is 4.70. The van der Waals surface area contributed by atoms with E-state index in [1.54, 1.807) is 0 Å². The number of hydrogen-bond acceptors (Lipinski definition) is 2. The second-order valence-electron chi connectivity index (χ2n) is 5.70. The van der Waals surface area contributed by atoms with Crippen LogP contribution in [0.4, 0.5) is 5.69 Å². The van der Waals surface area contributed by atoms with Gasteiger partial charge in [0.15, 0.2) is 0 Å². The highest BCUT2D eigenvalue weighted by Gasteiger charge is 2.08. The molecule has 21 heavy (non-hydrogen) atoms. The van der Waals surface area contributed by atoms with Crippen LogP contribution in [0.1, 0.15) is 22.5 Å². The van der Waals surface area contributed by atoms with Crippen LogP contribution in [0.25, 0.3) is 11.0 Å². The number of fused-ring (bicyclic) bond motifs is 1. The van der Waals surface area contributed by atoms with Crippen molar-refractivity contribution in [1.29, 1.82) is 0 Å². The maximum atomic E-state index is 4.70. The Morgan fingerprint density at radius 3 is 2.38 bits per heavy atom. The third-order valence-electron chi connectivity index (χ3n) is 3.98. The van der Waals surface area contributed by atoms with Gasteiger partial charge < -0.3 is 9.88 Å². The molecular formula is C18H21N3. The Morgan fingerprint density at radius 1 is 1.05 bits per heavy atom. The van der Waals surface area contributed by atoms with Gasteiger partial charge in [-0.1, -0.05) is 29.8 Å². The lowest BCUT2D eigenvalue weighted by molar-refractivity contribution is 0.833. The van der Waals surface area contributed by atoms with E-state index in [2.05, 4.69) is 68.0 Å². The zero-order chi connectivity index (χ0) is 15.0. The molecule has 0 unspecified atom stereocenters. The molecule has 1 N–H and O–H groups in total. The minimum absolute atomic E-state index is 0.732. The molecule has 0 saturated heterocycles. The fourth-order valence-electron chi connectivity index (χ4n) is 2.98. The molecule has 1 aromatic heterocycles. The van der Waals surface area contributed by atoms with Gasteiger partial charge in [-0.25, -0.2) is 4.98 Å². The molecule has 0 spiro atoms. The van der Waals surface area contributed by atoms with Crippen LogP contribution in [0.5, 0.6) is 0 Å². The number of aromatic nitrogens is 2. The highest BCUT2D eigenvalue weighted by molar-refractivity contribution is 5.75. The molecule has 0 radical (unpaired) electrons. The predicted molar refractivity (Wildman–Crippen MR) is 88.7 cm³/mol. The first-order valence-electron chi connectivity index (χ1n) is 7.28. The van der Waals surface area contributed by atoms with Crippen LogP contribution in [0.2, 0.25) is 0 Å². The fourth-order valence-corrected chi connectivity index (χ4v) is 2.98. The second kappa shape index (κ2) is 5.24. The Bertz CT molecular complexity index is 776. The van der Waals surface area contributed by atoms with E-state index >= 15 is 0 Å². The summed E-state index contributed by atoms with van der Waals surface area (Å²) in [5, 5.41) is 3.54. The first-order chi connectivity index (χ1) is 10.1. The van der Waals surface area contributed by atoms with Crippen molar-refractivity contribution in [3.05, 3.63) is 58.9 Å². The highest BCUT2D eigenvalue weighted by Crippen LogP contribution is 2.23. The Labute approximate surface area is 125 Å². The van der Waals surface area contributed by atoms with Gasteiger partial charge in [-0.3, -0.25) is 0 Å². The fraction of sp³-hybridized carbons (Fsp3) is 0.278. The standard InChI is InChI=1S/C18H21N3/c1-12-9-13(2)18(14(3)10-12)19-11-17-20-15-7-5-6-8-16(15)21(17)4/h5-10,19H,11H2,1-4H3. The first-order valence-corrected chi connectivity index (χ1v) is 7.28. The predicted octanol–water partition coefficient (Wildman–Crippen LogP) is 4.11. The zero-order valence-electron chi connectivity index (χ0n) is 13.1. The maximum Gasteiger partial charge on any atom is 0.128 e. The van der Waals surface area contributed by atoms with Crippen molar-refractivity contribution < 1.29 is 0 Å². The van der Waals surface area contributed by atoms with Gasteiger partial charge in [0.05, 0.1) is 17.6 Å². The van der Waals surface area contributed by atoms with Gasteiger partial charge in [0.2, 0.25) is 0 Å². The molecule has 0 fully saturated rings. The van der Waals surface area contributed by atoms with E-state index in [1.165, 1.54) is 27.9 Å². The van der Waals surface area contributed by atoms with Gasteiger partial charge in [0.25, 0.3) is 0 Å².